The molecule has 7 heteroatoms. The van der Waals surface area contributed by atoms with E-state index in [1.54, 1.807) is 12.0 Å². The van der Waals surface area contributed by atoms with Crippen LogP contribution in [0.3, 0.4) is 0 Å². The van der Waals surface area contributed by atoms with Crippen molar-refractivity contribution in [2.75, 3.05) is 26.8 Å². The Labute approximate surface area is 172 Å². The molecule has 1 aromatic carbocycles. The quantitative estimate of drug-likeness (QED) is 0.606. The van der Waals surface area contributed by atoms with Crippen LogP contribution in [0.15, 0.2) is 24.3 Å². The summed E-state index contributed by atoms with van der Waals surface area (Å²) < 4.78 is 10.5. The summed E-state index contributed by atoms with van der Waals surface area (Å²) >= 11 is 0. The van der Waals surface area contributed by atoms with Gasteiger partial charge in [0, 0.05) is 19.5 Å². The summed E-state index contributed by atoms with van der Waals surface area (Å²) in [4.78, 5) is 39.1. The van der Waals surface area contributed by atoms with Crippen LogP contribution < -0.4 is 10.1 Å². The Morgan fingerprint density at radius 3 is 2.52 bits per heavy atom. The number of carbonyl (C=O) groups is 3. The maximum absolute atomic E-state index is 12.8. The van der Waals surface area contributed by atoms with Crippen molar-refractivity contribution in [3.8, 4) is 5.75 Å². The molecule has 0 radical (unpaired) electrons. The molecule has 2 amide bonds. The number of rotatable bonds is 10. The van der Waals surface area contributed by atoms with Crippen LogP contribution in [0, 0.1) is 5.92 Å². The number of hydrogen-bond acceptors (Lipinski definition) is 5. The van der Waals surface area contributed by atoms with Crippen molar-refractivity contribution in [2.45, 2.75) is 52.0 Å². The lowest BCUT2D eigenvalue weighted by Crippen LogP contribution is -2.46. The molecule has 0 bridgehead atoms. The van der Waals surface area contributed by atoms with Crippen molar-refractivity contribution in [3.05, 3.63) is 29.8 Å². The summed E-state index contributed by atoms with van der Waals surface area (Å²) in [7, 11) is 1.59. The third-order valence-electron chi connectivity index (χ3n) is 5.14. The topological polar surface area (TPSA) is 84.9 Å². The van der Waals surface area contributed by atoms with Gasteiger partial charge in [0.15, 0.2) is 6.61 Å². The average Bonchev–Trinajstić information content (AvgIpc) is 2.75. The van der Waals surface area contributed by atoms with Gasteiger partial charge in [0.2, 0.25) is 5.91 Å². The molecule has 1 saturated heterocycles. The van der Waals surface area contributed by atoms with Gasteiger partial charge in [0.25, 0.3) is 5.91 Å². The van der Waals surface area contributed by atoms with E-state index in [0.717, 1.165) is 24.8 Å². The number of amides is 2. The highest BCUT2D eigenvalue weighted by molar-refractivity contribution is 5.84. The lowest BCUT2D eigenvalue weighted by Gasteiger charge is -2.40. The van der Waals surface area contributed by atoms with Gasteiger partial charge in [0.1, 0.15) is 5.75 Å². The van der Waals surface area contributed by atoms with E-state index in [4.69, 9.17) is 9.47 Å². The minimum atomic E-state index is -0.503. The fourth-order valence-electron chi connectivity index (χ4n) is 3.56. The van der Waals surface area contributed by atoms with Crippen LogP contribution in [0.1, 0.15) is 57.6 Å². The molecule has 2 rings (SSSR count). The van der Waals surface area contributed by atoms with E-state index in [1.807, 2.05) is 31.2 Å². The van der Waals surface area contributed by atoms with Crippen molar-refractivity contribution in [1.29, 1.82) is 0 Å². The largest absolute Gasteiger partial charge is 0.497 e. The third kappa shape index (κ3) is 6.21. The van der Waals surface area contributed by atoms with Gasteiger partial charge in [-0.3, -0.25) is 14.4 Å². The summed E-state index contributed by atoms with van der Waals surface area (Å²) in [6, 6.07) is 7.02. The molecule has 0 unspecified atom stereocenters. The third-order valence-corrected chi connectivity index (χ3v) is 5.14. The Kier molecular flexibility index (Phi) is 8.96. The highest BCUT2D eigenvalue weighted by Crippen LogP contribution is 2.38. The summed E-state index contributed by atoms with van der Waals surface area (Å²) in [5.41, 5.74) is 0.868. The minimum Gasteiger partial charge on any atom is -0.497 e. The zero-order chi connectivity index (χ0) is 21.2. The number of ether oxygens (including phenoxy) is 2. The molecular formula is C22H32N2O5. The number of benzene rings is 1. The maximum atomic E-state index is 12.8. The number of nitrogens with zero attached hydrogens (tertiary/aromatic N) is 1. The molecule has 1 N–H and O–H groups in total. The second-order valence-corrected chi connectivity index (χ2v) is 7.26. The van der Waals surface area contributed by atoms with Crippen LogP contribution >= 0.6 is 0 Å². The number of esters is 1. The first-order valence-corrected chi connectivity index (χ1v) is 10.4. The van der Waals surface area contributed by atoms with Gasteiger partial charge in [-0.1, -0.05) is 32.4 Å². The second-order valence-electron chi connectivity index (χ2n) is 7.26. The Morgan fingerprint density at radius 2 is 1.90 bits per heavy atom. The monoisotopic (exact) mass is 404 g/mol. The van der Waals surface area contributed by atoms with E-state index in [9.17, 15) is 14.4 Å². The van der Waals surface area contributed by atoms with Gasteiger partial charge in [-0.25, -0.2) is 0 Å². The predicted octanol–water partition coefficient (Wildman–Crippen LogP) is 2.84. The number of carbonyl (C=O) groups excluding carboxylic acids is 3. The number of methoxy groups -OCH3 is 1. The average molecular weight is 405 g/mol. The van der Waals surface area contributed by atoms with Crippen LogP contribution in [0.25, 0.3) is 0 Å². The second kappa shape index (κ2) is 11.4. The zero-order valence-electron chi connectivity index (χ0n) is 17.6. The van der Waals surface area contributed by atoms with Gasteiger partial charge in [-0.15, -0.1) is 0 Å². The first-order chi connectivity index (χ1) is 14.0. The smallest absolute Gasteiger partial charge is 0.311 e. The van der Waals surface area contributed by atoms with Crippen LogP contribution in [0.5, 0.6) is 5.75 Å². The van der Waals surface area contributed by atoms with E-state index in [-0.39, 0.29) is 18.4 Å². The fraction of sp³-hybridized carbons (Fsp3) is 0.591. The van der Waals surface area contributed by atoms with Gasteiger partial charge in [0.05, 0.1) is 19.1 Å². The first-order valence-electron chi connectivity index (χ1n) is 10.4. The Bertz CT molecular complexity index is 689. The van der Waals surface area contributed by atoms with Gasteiger partial charge < -0.3 is 19.7 Å². The maximum Gasteiger partial charge on any atom is 0.311 e. The van der Waals surface area contributed by atoms with E-state index in [0.29, 0.717) is 31.7 Å². The summed E-state index contributed by atoms with van der Waals surface area (Å²) in [5.74, 6) is -0.494. The van der Waals surface area contributed by atoms with Crippen molar-refractivity contribution >= 4 is 17.8 Å². The fourth-order valence-corrected chi connectivity index (χ4v) is 3.56. The molecule has 1 aromatic rings. The van der Waals surface area contributed by atoms with Crippen LogP contribution in [-0.4, -0.2) is 49.5 Å². The number of nitrogens with one attached hydrogen (secondary N) is 1. The lowest BCUT2D eigenvalue weighted by atomic mass is 9.84. The predicted molar refractivity (Wildman–Crippen MR) is 109 cm³/mol. The van der Waals surface area contributed by atoms with E-state index in [1.165, 1.54) is 0 Å². The van der Waals surface area contributed by atoms with E-state index < -0.39 is 17.9 Å². The highest BCUT2D eigenvalue weighted by Gasteiger charge is 2.41. The molecule has 29 heavy (non-hydrogen) atoms. The molecular weight excluding hydrogens is 372 g/mol. The number of piperidine rings is 1. The van der Waals surface area contributed by atoms with Crippen molar-refractivity contribution in [1.82, 2.24) is 10.2 Å². The number of hydrogen-bond donors (Lipinski definition) is 1. The Balaban J connectivity index is 2.20. The summed E-state index contributed by atoms with van der Waals surface area (Å²) in [6.07, 6.45) is 3.34. The number of unbranched alkanes of at least 4 members (excludes halogenated alkanes) is 1. The SMILES string of the molecule is CCCCN1C(=O)CC[C@@H](C(=O)OCC(=O)NCCC)[C@H]1c1ccc(OC)cc1. The van der Waals surface area contributed by atoms with E-state index >= 15 is 0 Å². The minimum absolute atomic E-state index is 0.0454. The Hall–Kier alpha value is -2.57. The van der Waals surface area contributed by atoms with Gasteiger partial charge in [-0.2, -0.15) is 0 Å². The molecule has 0 aromatic heterocycles. The summed E-state index contributed by atoms with van der Waals surface area (Å²) in [5, 5.41) is 2.70. The molecule has 160 valence electrons. The van der Waals surface area contributed by atoms with Crippen molar-refractivity contribution in [3.63, 3.8) is 0 Å². The van der Waals surface area contributed by atoms with Crippen LogP contribution in [0.2, 0.25) is 0 Å². The molecule has 0 saturated carbocycles. The molecule has 1 fully saturated rings. The van der Waals surface area contributed by atoms with Crippen molar-refractivity contribution < 1.29 is 23.9 Å². The first kappa shape index (κ1) is 22.7. The van der Waals surface area contributed by atoms with Crippen LogP contribution in [-0.2, 0) is 19.1 Å². The van der Waals surface area contributed by atoms with Crippen LogP contribution in [0.4, 0.5) is 0 Å². The lowest BCUT2D eigenvalue weighted by molar-refractivity contribution is -0.159. The molecule has 1 aliphatic rings. The van der Waals surface area contributed by atoms with Crippen molar-refractivity contribution in [2.24, 2.45) is 5.92 Å². The van der Waals surface area contributed by atoms with Gasteiger partial charge in [-0.05, 0) is 37.0 Å². The van der Waals surface area contributed by atoms with Gasteiger partial charge >= 0.3 is 5.97 Å². The molecule has 0 aliphatic carbocycles. The molecule has 7 nitrogen and oxygen atoms in total. The zero-order valence-corrected chi connectivity index (χ0v) is 17.6. The molecule has 0 spiro atoms. The summed E-state index contributed by atoms with van der Waals surface area (Å²) in [6.45, 7) is 4.86. The molecule has 1 heterocycles. The molecule has 2 atom stereocenters. The standard InChI is InChI=1S/C22H32N2O5/c1-4-6-14-24-20(26)12-11-18(22(27)29-15-19(25)23-13-5-2)21(24)16-7-9-17(28-3)10-8-16/h7-10,18,21H,4-6,11-15H2,1-3H3,(H,23,25)/t18-,21-/m1/s1. The highest BCUT2D eigenvalue weighted by atomic mass is 16.5. The molecule has 1 aliphatic heterocycles. The number of likely N-dealkylation sites (tertiary alicyclic amines) is 1. The normalized spacial score (nSPS) is 19.0. The van der Waals surface area contributed by atoms with E-state index in [2.05, 4.69) is 12.2 Å². The Morgan fingerprint density at radius 1 is 1.17 bits per heavy atom.